The second kappa shape index (κ2) is 10.9. The normalized spacial score (nSPS) is 21.3. The fraction of sp³-hybridized carbons (Fsp3) is 0.462. The lowest BCUT2D eigenvalue weighted by Gasteiger charge is -2.30. The predicted octanol–water partition coefficient (Wildman–Crippen LogP) is 8.27. The van der Waals surface area contributed by atoms with Crippen LogP contribution >= 0.6 is 47.2 Å². The Bertz CT molecular complexity index is 1270. The van der Waals surface area contributed by atoms with E-state index < -0.39 is 4.92 Å². The average Bonchev–Trinajstić information content (AvgIpc) is 3.16. The standard InChI is InChI=1S/C26H26Cl2N2O4S2/c27-15-11-12-18-19(13-15)22(30(32)33)20(14-21(18)28)23(34-17-9-5-2-6-10-17)24-25(31)29(26(35)36-24)16-7-3-1-4-8-16/h11-14,16-17H,1-10H2/b24-23+. The molecular formula is C26H26Cl2N2O4S2. The summed E-state index contributed by atoms with van der Waals surface area (Å²) in [6.07, 6.45) is 9.73. The fourth-order valence-corrected chi connectivity index (χ4v) is 7.34. The summed E-state index contributed by atoms with van der Waals surface area (Å²) in [5, 5.41) is 14.0. The molecule has 2 aromatic carbocycles. The lowest BCUT2D eigenvalue weighted by Crippen LogP contribution is -2.39. The number of nitro benzene ring substituents is 1. The maximum Gasteiger partial charge on any atom is 0.288 e. The number of hydrogen-bond acceptors (Lipinski definition) is 6. The molecule has 0 spiro atoms. The summed E-state index contributed by atoms with van der Waals surface area (Å²) in [5.41, 5.74) is 0.0140. The average molecular weight is 566 g/mol. The number of thioether (sulfide) groups is 1. The van der Waals surface area contributed by atoms with Crippen molar-refractivity contribution < 1.29 is 14.5 Å². The van der Waals surface area contributed by atoms with Gasteiger partial charge in [-0.2, -0.15) is 0 Å². The Labute approximate surface area is 229 Å². The predicted molar refractivity (Wildman–Crippen MR) is 149 cm³/mol. The molecule has 1 saturated heterocycles. The van der Waals surface area contributed by atoms with E-state index in [1.807, 2.05) is 0 Å². The van der Waals surface area contributed by atoms with E-state index in [9.17, 15) is 14.9 Å². The number of hydrogen-bond donors (Lipinski definition) is 0. The minimum absolute atomic E-state index is 0.0497. The van der Waals surface area contributed by atoms with Crippen LogP contribution in [0.3, 0.4) is 0 Å². The van der Waals surface area contributed by atoms with Crippen LogP contribution in [0.15, 0.2) is 29.2 Å². The summed E-state index contributed by atoms with van der Waals surface area (Å²) in [5.74, 6) is -0.0349. The Morgan fingerprint density at radius 2 is 1.69 bits per heavy atom. The quantitative estimate of drug-likeness (QED) is 0.119. The Morgan fingerprint density at radius 1 is 1.03 bits per heavy atom. The number of fused-ring (bicyclic) bond motifs is 1. The summed E-state index contributed by atoms with van der Waals surface area (Å²) in [6.45, 7) is 0. The molecule has 10 heteroatoms. The molecule has 0 aromatic heterocycles. The van der Waals surface area contributed by atoms with Gasteiger partial charge in [-0.25, -0.2) is 0 Å². The molecule has 2 saturated carbocycles. The van der Waals surface area contributed by atoms with Crippen LogP contribution < -0.4 is 0 Å². The third-order valence-electron chi connectivity index (χ3n) is 7.23. The molecule has 3 aliphatic rings. The number of ether oxygens (including phenoxy) is 1. The molecule has 36 heavy (non-hydrogen) atoms. The molecule has 0 atom stereocenters. The third-order valence-corrected chi connectivity index (χ3v) is 9.16. The number of thiocarbonyl (C=S) groups is 1. The van der Waals surface area contributed by atoms with Crippen LogP contribution in [-0.2, 0) is 9.53 Å². The van der Waals surface area contributed by atoms with Gasteiger partial charge in [0.15, 0.2) is 5.76 Å². The van der Waals surface area contributed by atoms with Crippen molar-refractivity contribution in [2.45, 2.75) is 76.4 Å². The second-order valence-corrected chi connectivity index (χ2v) is 12.1. The molecule has 2 aromatic rings. The molecule has 0 bridgehead atoms. The van der Waals surface area contributed by atoms with Crippen molar-refractivity contribution in [3.8, 4) is 0 Å². The molecule has 1 aliphatic heterocycles. The molecule has 0 unspecified atom stereocenters. The van der Waals surface area contributed by atoms with Crippen LogP contribution in [0.2, 0.25) is 10.0 Å². The first-order valence-corrected chi connectivity index (χ1v) is 14.4. The van der Waals surface area contributed by atoms with Gasteiger partial charge in [0.25, 0.3) is 11.6 Å². The lowest BCUT2D eigenvalue weighted by molar-refractivity contribution is -0.383. The van der Waals surface area contributed by atoms with Crippen molar-refractivity contribution in [1.82, 2.24) is 4.90 Å². The highest BCUT2D eigenvalue weighted by Gasteiger charge is 2.42. The summed E-state index contributed by atoms with van der Waals surface area (Å²) in [4.78, 5) is 27.8. The van der Waals surface area contributed by atoms with Crippen molar-refractivity contribution in [2.75, 3.05) is 0 Å². The van der Waals surface area contributed by atoms with Gasteiger partial charge < -0.3 is 4.74 Å². The van der Waals surface area contributed by atoms with Crippen LogP contribution in [0, 0.1) is 10.1 Å². The first-order chi connectivity index (χ1) is 17.3. The molecule has 190 valence electrons. The van der Waals surface area contributed by atoms with E-state index in [4.69, 9.17) is 40.2 Å². The summed E-state index contributed by atoms with van der Waals surface area (Å²) in [6, 6.07) is 6.44. The van der Waals surface area contributed by atoms with Gasteiger partial charge in [-0.3, -0.25) is 19.8 Å². The van der Waals surface area contributed by atoms with E-state index >= 15 is 0 Å². The fourth-order valence-electron chi connectivity index (χ4n) is 5.47. The molecule has 0 radical (unpaired) electrons. The highest BCUT2D eigenvalue weighted by molar-refractivity contribution is 8.26. The number of rotatable bonds is 5. The van der Waals surface area contributed by atoms with E-state index in [1.165, 1.54) is 17.8 Å². The molecule has 0 N–H and O–H groups in total. The van der Waals surface area contributed by atoms with Gasteiger partial charge >= 0.3 is 0 Å². The first-order valence-electron chi connectivity index (χ1n) is 12.4. The van der Waals surface area contributed by atoms with Gasteiger partial charge in [-0.1, -0.05) is 78.9 Å². The van der Waals surface area contributed by atoms with E-state index in [0.29, 0.717) is 30.0 Å². The highest BCUT2D eigenvalue weighted by atomic mass is 35.5. The number of amides is 1. The van der Waals surface area contributed by atoms with Crippen LogP contribution in [0.1, 0.15) is 69.8 Å². The smallest absolute Gasteiger partial charge is 0.288 e. The van der Waals surface area contributed by atoms with Crippen molar-refractivity contribution in [3.63, 3.8) is 0 Å². The zero-order valence-electron chi connectivity index (χ0n) is 19.6. The molecule has 6 nitrogen and oxygen atoms in total. The molecule has 1 heterocycles. The largest absolute Gasteiger partial charge is 0.488 e. The van der Waals surface area contributed by atoms with Gasteiger partial charge in [0.1, 0.15) is 9.23 Å². The number of nitrogens with zero attached hydrogens (tertiary/aromatic N) is 2. The van der Waals surface area contributed by atoms with Crippen LogP contribution in [0.4, 0.5) is 5.69 Å². The Kier molecular flexibility index (Phi) is 7.77. The highest BCUT2D eigenvalue weighted by Crippen LogP contribution is 2.46. The SMILES string of the molecule is O=C1/C(=C(\OC2CCCCC2)c2cc(Cl)c3ccc(Cl)cc3c2[N+](=O)[O-])SC(=S)N1C1CCCCC1. The van der Waals surface area contributed by atoms with E-state index in [-0.39, 0.29) is 35.1 Å². The maximum atomic E-state index is 13.8. The second-order valence-electron chi connectivity index (χ2n) is 9.57. The van der Waals surface area contributed by atoms with Gasteiger partial charge in [-0.05, 0) is 56.7 Å². The third kappa shape index (κ3) is 4.97. The van der Waals surface area contributed by atoms with Crippen molar-refractivity contribution in [3.05, 3.63) is 54.9 Å². The van der Waals surface area contributed by atoms with Gasteiger partial charge in [0.05, 0.1) is 22.0 Å². The van der Waals surface area contributed by atoms with Crippen molar-refractivity contribution >= 4 is 79.6 Å². The van der Waals surface area contributed by atoms with E-state index in [2.05, 4.69) is 0 Å². The van der Waals surface area contributed by atoms with Crippen LogP contribution in [-0.4, -0.2) is 32.2 Å². The molecule has 5 rings (SSSR count). The number of carbonyl (C=O) groups is 1. The number of halogens is 2. The number of carbonyl (C=O) groups excluding carboxylic acids is 1. The monoisotopic (exact) mass is 564 g/mol. The zero-order chi connectivity index (χ0) is 25.4. The van der Waals surface area contributed by atoms with E-state index in [0.717, 1.165) is 64.2 Å². The topological polar surface area (TPSA) is 72.7 Å². The minimum atomic E-state index is -0.448. The summed E-state index contributed by atoms with van der Waals surface area (Å²) in [7, 11) is 0. The molecule has 1 amide bonds. The van der Waals surface area contributed by atoms with Gasteiger partial charge in [0, 0.05) is 21.5 Å². The van der Waals surface area contributed by atoms with Gasteiger partial charge in [0.2, 0.25) is 0 Å². The van der Waals surface area contributed by atoms with Crippen LogP contribution in [0.5, 0.6) is 0 Å². The van der Waals surface area contributed by atoms with Crippen molar-refractivity contribution in [2.24, 2.45) is 0 Å². The Hall–Kier alpha value is -1.87. The maximum absolute atomic E-state index is 13.8. The summed E-state index contributed by atoms with van der Waals surface area (Å²) < 4.78 is 6.97. The number of benzene rings is 2. The van der Waals surface area contributed by atoms with E-state index in [1.54, 1.807) is 23.1 Å². The van der Waals surface area contributed by atoms with Gasteiger partial charge in [-0.15, -0.1) is 0 Å². The molecular weight excluding hydrogens is 539 g/mol. The van der Waals surface area contributed by atoms with Crippen LogP contribution in [0.25, 0.3) is 16.5 Å². The molecule has 3 fully saturated rings. The first kappa shape index (κ1) is 25.8. The summed E-state index contributed by atoms with van der Waals surface area (Å²) >= 11 is 19.7. The Morgan fingerprint density at radius 3 is 2.36 bits per heavy atom. The minimum Gasteiger partial charge on any atom is -0.488 e. The number of nitro groups is 1. The molecule has 2 aliphatic carbocycles. The zero-order valence-corrected chi connectivity index (χ0v) is 22.8. The van der Waals surface area contributed by atoms with Crippen molar-refractivity contribution in [1.29, 1.82) is 0 Å². The Balaban J connectivity index is 1.69. The lowest BCUT2D eigenvalue weighted by atomic mass is 9.94.